The summed E-state index contributed by atoms with van der Waals surface area (Å²) in [6.45, 7) is 6.03. The molecule has 0 bridgehead atoms. The van der Waals surface area contributed by atoms with Crippen molar-refractivity contribution in [1.82, 2.24) is 4.98 Å². The molecule has 1 aromatic carbocycles. The first-order valence-electron chi connectivity index (χ1n) is 3.95. The summed E-state index contributed by atoms with van der Waals surface area (Å²) in [6, 6.07) is 8.14. The number of hydrogen-bond acceptors (Lipinski definition) is 1. The molecule has 0 saturated carbocycles. The molecule has 2 rings (SSSR count). The van der Waals surface area contributed by atoms with Crippen LogP contribution in [0.1, 0.15) is 11.1 Å². The van der Waals surface area contributed by atoms with Gasteiger partial charge in [0.1, 0.15) is 0 Å². The van der Waals surface area contributed by atoms with Crippen molar-refractivity contribution in [3.63, 3.8) is 0 Å². The zero-order valence-electron chi connectivity index (χ0n) is 7.04. The van der Waals surface area contributed by atoms with E-state index < -0.39 is 0 Å². The second-order valence-corrected chi connectivity index (χ2v) is 2.99. The van der Waals surface area contributed by atoms with E-state index in [2.05, 4.69) is 31.0 Å². The Labute approximate surface area is 72.1 Å². The van der Waals surface area contributed by atoms with E-state index in [9.17, 15) is 0 Å². The molecule has 0 fully saturated rings. The van der Waals surface area contributed by atoms with E-state index in [-0.39, 0.29) is 0 Å². The highest BCUT2D eigenvalue weighted by Crippen LogP contribution is 2.16. The Balaban J connectivity index is 2.88. The third-order valence-electron chi connectivity index (χ3n) is 1.99. The highest BCUT2D eigenvalue weighted by molar-refractivity contribution is 5.83. The van der Waals surface area contributed by atoms with Crippen molar-refractivity contribution in [2.75, 3.05) is 0 Å². The van der Waals surface area contributed by atoms with Crippen molar-refractivity contribution in [3.05, 3.63) is 48.5 Å². The summed E-state index contributed by atoms with van der Waals surface area (Å²) in [7, 11) is 0. The predicted molar refractivity (Wildman–Crippen MR) is 50.9 cm³/mol. The fraction of sp³-hybridized carbons (Fsp3) is 0.0909. The maximum absolute atomic E-state index is 4.24. The molecular weight excluding hydrogens is 146 g/mol. The fourth-order valence-electron chi connectivity index (χ4n) is 1.32. The first-order chi connectivity index (χ1) is 5.77. The van der Waals surface area contributed by atoms with E-state index in [1.54, 1.807) is 6.20 Å². The minimum atomic E-state index is 1.02. The molecule has 59 valence electrons. The number of rotatable bonds is 0. The summed E-state index contributed by atoms with van der Waals surface area (Å²) in [5.41, 5.74) is 3.32. The van der Waals surface area contributed by atoms with Gasteiger partial charge >= 0.3 is 0 Å². The summed E-state index contributed by atoms with van der Waals surface area (Å²) >= 11 is 0. The smallest absolute Gasteiger partial charge is 0.0704 e. The van der Waals surface area contributed by atoms with E-state index in [4.69, 9.17) is 0 Å². The van der Waals surface area contributed by atoms with Gasteiger partial charge in [-0.3, -0.25) is 4.98 Å². The number of nitrogens with zero attached hydrogens (tertiary/aromatic N) is 1. The number of aromatic nitrogens is 1. The normalized spacial score (nSPS) is 10.5. The van der Waals surface area contributed by atoms with Gasteiger partial charge in [-0.05, 0) is 37.6 Å². The van der Waals surface area contributed by atoms with Crippen LogP contribution in [-0.2, 0) is 0 Å². The molecule has 0 saturated heterocycles. The van der Waals surface area contributed by atoms with Gasteiger partial charge in [0.25, 0.3) is 0 Å². The van der Waals surface area contributed by atoms with Crippen molar-refractivity contribution < 1.29 is 0 Å². The summed E-state index contributed by atoms with van der Waals surface area (Å²) in [5, 5.41) is 1.15. The number of pyridine rings is 1. The molecule has 0 aliphatic carbocycles. The Hall–Kier alpha value is -1.37. The van der Waals surface area contributed by atoms with Gasteiger partial charge in [-0.1, -0.05) is 11.6 Å². The van der Waals surface area contributed by atoms with Crippen LogP contribution in [-0.4, -0.2) is 4.98 Å². The predicted octanol–water partition coefficient (Wildman–Crippen LogP) is 2.73. The van der Waals surface area contributed by atoms with Crippen molar-refractivity contribution in [2.45, 2.75) is 6.92 Å². The fourth-order valence-corrected chi connectivity index (χ4v) is 1.32. The van der Waals surface area contributed by atoms with Crippen LogP contribution in [0.15, 0.2) is 30.5 Å². The van der Waals surface area contributed by atoms with Crippen molar-refractivity contribution in [3.8, 4) is 0 Å². The third-order valence-corrected chi connectivity index (χ3v) is 1.99. The third kappa shape index (κ3) is 1.07. The van der Waals surface area contributed by atoms with E-state index in [0.717, 1.165) is 16.5 Å². The zero-order chi connectivity index (χ0) is 8.55. The van der Waals surface area contributed by atoms with Crippen LogP contribution in [0, 0.1) is 13.8 Å². The molecule has 0 aliphatic heterocycles. The van der Waals surface area contributed by atoms with Gasteiger partial charge in [0.05, 0.1) is 5.52 Å². The zero-order valence-corrected chi connectivity index (χ0v) is 7.04. The maximum Gasteiger partial charge on any atom is 0.0704 e. The van der Waals surface area contributed by atoms with Gasteiger partial charge in [0, 0.05) is 11.6 Å². The lowest BCUT2D eigenvalue weighted by Crippen LogP contribution is -1.82. The molecule has 0 atom stereocenters. The van der Waals surface area contributed by atoms with E-state index in [1.165, 1.54) is 5.56 Å². The molecule has 0 amide bonds. The Morgan fingerprint density at radius 2 is 2.08 bits per heavy atom. The van der Waals surface area contributed by atoms with Crippen LogP contribution >= 0.6 is 0 Å². The molecule has 12 heavy (non-hydrogen) atoms. The largest absolute Gasteiger partial charge is 0.256 e. The minimum absolute atomic E-state index is 1.02. The van der Waals surface area contributed by atoms with Crippen molar-refractivity contribution in [1.29, 1.82) is 0 Å². The molecule has 1 nitrogen and oxygen atoms in total. The van der Waals surface area contributed by atoms with Crippen LogP contribution < -0.4 is 0 Å². The van der Waals surface area contributed by atoms with Gasteiger partial charge in [0.2, 0.25) is 0 Å². The molecule has 1 heteroatoms. The van der Waals surface area contributed by atoms with Crippen LogP contribution in [0.25, 0.3) is 10.9 Å². The van der Waals surface area contributed by atoms with Crippen LogP contribution in [0.2, 0.25) is 0 Å². The van der Waals surface area contributed by atoms with E-state index in [0.29, 0.717) is 0 Å². The van der Waals surface area contributed by atoms with Gasteiger partial charge in [-0.25, -0.2) is 0 Å². The Kier molecular flexibility index (Phi) is 1.58. The van der Waals surface area contributed by atoms with Crippen molar-refractivity contribution >= 4 is 10.9 Å². The van der Waals surface area contributed by atoms with Gasteiger partial charge in [-0.2, -0.15) is 0 Å². The molecule has 0 aliphatic rings. The quantitative estimate of drug-likeness (QED) is 0.571. The van der Waals surface area contributed by atoms with E-state index >= 15 is 0 Å². The molecule has 1 radical (unpaired) electrons. The highest BCUT2D eigenvalue weighted by Gasteiger charge is 1.96. The maximum atomic E-state index is 4.24. The number of benzene rings is 1. The summed E-state index contributed by atoms with van der Waals surface area (Å²) < 4.78 is 0. The summed E-state index contributed by atoms with van der Waals surface area (Å²) in [5.74, 6) is 0. The second kappa shape index (κ2) is 2.59. The summed E-state index contributed by atoms with van der Waals surface area (Å²) in [4.78, 5) is 4.24. The number of hydrogen-bond donors (Lipinski definition) is 0. The minimum Gasteiger partial charge on any atom is -0.256 e. The highest BCUT2D eigenvalue weighted by atomic mass is 14.6. The molecule has 0 N–H and O–H groups in total. The Bertz CT molecular complexity index is 418. The average Bonchev–Trinajstić information content (AvgIpc) is 2.07. The Morgan fingerprint density at radius 3 is 2.92 bits per heavy atom. The van der Waals surface area contributed by atoms with Crippen LogP contribution in [0.4, 0.5) is 0 Å². The van der Waals surface area contributed by atoms with Gasteiger partial charge < -0.3 is 0 Å². The lowest BCUT2D eigenvalue weighted by molar-refractivity contribution is 1.38. The monoisotopic (exact) mass is 156 g/mol. The van der Waals surface area contributed by atoms with Crippen LogP contribution in [0.3, 0.4) is 0 Å². The summed E-state index contributed by atoms with van der Waals surface area (Å²) in [6.07, 6.45) is 1.79. The first-order valence-corrected chi connectivity index (χ1v) is 3.95. The lowest BCUT2D eigenvalue weighted by atomic mass is 10.1. The van der Waals surface area contributed by atoms with Crippen LogP contribution in [0.5, 0.6) is 0 Å². The van der Waals surface area contributed by atoms with Crippen molar-refractivity contribution in [2.24, 2.45) is 0 Å². The molecule has 0 spiro atoms. The van der Waals surface area contributed by atoms with Gasteiger partial charge in [0.15, 0.2) is 0 Å². The topological polar surface area (TPSA) is 12.9 Å². The molecule has 1 heterocycles. The molecular formula is C11H10N. The first kappa shape index (κ1) is 7.29. The SMILES string of the molecule is [CH2]c1ccnc2ccc(C)cc12. The second-order valence-electron chi connectivity index (χ2n) is 2.99. The number of aryl methyl sites for hydroxylation is 1. The number of fused-ring (bicyclic) bond motifs is 1. The molecule has 2 aromatic rings. The Morgan fingerprint density at radius 1 is 1.25 bits per heavy atom. The standard InChI is InChI=1S/C11H10N/c1-8-3-4-11-10(7-8)9(2)5-6-12-11/h3-7H,2H2,1H3. The molecule has 1 aromatic heterocycles. The molecule has 0 unspecified atom stereocenters. The lowest BCUT2D eigenvalue weighted by Gasteiger charge is -2.00. The average molecular weight is 156 g/mol. The van der Waals surface area contributed by atoms with Gasteiger partial charge in [-0.15, -0.1) is 0 Å². The van der Waals surface area contributed by atoms with E-state index in [1.807, 2.05) is 12.1 Å².